The lowest BCUT2D eigenvalue weighted by Crippen LogP contribution is -2.31. The number of carboxylic acids is 1. The Hall–Kier alpha value is -3.25. The number of aliphatic hydroxyl groups excluding tert-OH is 1. The normalized spacial score (nSPS) is 19.6. The molecule has 0 saturated carbocycles. The molecule has 1 aliphatic rings. The first kappa shape index (κ1) is 25.8. The Labute approximate surface area is 212 Å². The lowest BCUT2D eigenvalue weighted by atomic mass is 10.0. The highest BCUT2D eigenvalue weighted by Gasteiger charge is 2.32. The Bertz CT molecular complexity index is 1120. The molecule has 3 aromatic rings. The van der Waals surface area contributed by atoms with Crippen LogP contribution in [0.2, 0.25) is 0 Å². The SMILES string of the molecule is O=C(O)CCCC(=O)Nc1ccc(C2OC(CSc3ncn[nH]3)CC(c3ccc(CO)cc3)O2)cc1. The number of carbonyl (C=O) groups excluding carboxylic acids is 1. The lowest BCUT2D eigenvalue weighted by Gasteiger charge is -2.36. The van der Waals surface area contributed by atoms with Gasteiger partial charge in [-0.25, -0.2) is 4.98 Å². The molecule has 1 aromatic heterocycles. The summed E-state index contributed by atoms with van der Waals surface area (Å²) >= 11 is 1.52. The van der Waals surface area contributed by atoms with Crippen LogP contribution in [-0.4, -0.2) is 49.1 Å². The maximum atomic E-state index is 12.1. The van der Waals surface area contributed by atoms with Gasteiger partial charge < -0.3 is 25.0 Å². The van der Waals surface area contributed by atoms with Crippen molar-refractivity contribution in [1.29, 1.82) is 0 Å². The number of H-pyrrole nitrogens is 1. The van der Waals surface area contributed by atoms with Crippen LogP contribution in [0, 0.1) is 0 Å². The van der Waals surface area contributed by atoms with Crippen molar-refractivity contribution in [2.45, 2.75) is 55.9 Å². The van der Waals surface area contributed by atoms with Crippen LogP contribution < -0.4 is 5.32 Å². The maximum absolute atomic E-state index is 12.1. The molecule has 4 N–H and O–H groups in total. The number of carbonyl (C=O) groups is 2. The lowest BCUT2D eigenvalue weighted by molar-refractivity contribution is -0.245. The van der Waals surface area contributed by atoms with Crippen molar-refractivity contribution < 1.29 is 29.3 Å². The van der Waals surface area contributed by atoms with Gasteiger partial charge in [0.05, 0.1) is 18.8 Å². The number of hydrogen-bond acceptors (Lipinski definition) is 8. The van der Waals surface area contributed by atoms with Gasteiger partial charge in [0.15, 0.2) is 11.4 Å². The zero-order valence-electron chi connectivity index (χ0n) is 19.5. The molecular formula is C25H28N4O6S. The molecule has 0 bridgehead atoms. The van der Waals surface area contributed by atoms with E-state index < -0.39 is 12.3 Å². The third-order valence-corrected chi connectivity index (χ3v) is 6.68. The number of ether oxygens (including phenoxy) is 2. The molecule has 4 rings (SSSR count). The number of thioether (sulfide) groups is 1. The maximum Gasteiger partial charge on any atom is 0.303 e. The summed E-state index contributed by atoms with van der Waals surface area (Å²) in [6.07, 6.45) is 1.58. The van der Waals surface area contributed by atoms with Gasteiger partial charge in [0.1, 0.15) is 6.33 Å². The molecule has 0 radical (unpaired) electrons. The van der Waals surface area contributed by atoms with Gasteiger partial charge in [0, 0.05) is 36.3 Å². The number of benzene rings is 2. The molecule has 0 spiro atoms. The summed E-state index contributed by atoms with van der Waals surface area (Å²) < 4.78 is 12.6. The number of hydrogen-bond donors (Lipinski definition) is 4. The molecule has 2 heterocycles. The second kappa shape index (κ2) is 12.6. The Morgan fingerprint density at radius 3 is 2.47 bits per heavy atom. The molecule has 11 heteroatoms. The van der Waals surface area contributed by atoms with Crippen molar-refractivity contribution >= 4 is 29.3 Å². The smallest absolute Gasteiger partial charge is 0.303 e. The average molecular weight is 513 g/mol. The third-order valence-electron chi connectivity index (χ3n) is 5.67. The van der Waals surface area contributed by atoms with Crippen molar-refractivity contribution in [1.82, 2.24) is 15.2 Å². The standard InChI is InChI=1S/C25H28N4O6S/c30-13-16-4-6-17(7-5-16)21-12-20(14-36-25-26-15-27-29-25)34-24(35-21)18-8-10-19(11-9-18)28-22(31)2-1-3-23(32)33/h4-11,15,20-21,24,30H,1-3,12-14H2,(H,28,31)(H,32,33)(H,26,27,29). The van der Waals surface area contributed by atoms with E-state index >= 15 is 0 Å². The number of amides is 1. The third kappa shape index (κ3) is 7.37. The van der Waals surface area contributed by atoms with Crippen molar-refractivity contribution in [2.24, 2.45) is 0 Å². The monoisotopic (exact) mass is 512 g/mol. The van der Waals surface area contributed by atoms with Gasteiger partial charge >= 0.3 is 5.97 Å². The first-order valence-corrected chi connectivity index (χ1v) is 12.6. The molecule has 36 heavy (non-hydrogen) atoms. The van der Waals surface area contributed by atoms with Crippen LogP contribution in [0.1, 0.15) is 54.8 Å². The van der Waals surface area contributed by atoms with Crippen molar-refractivity contribution in [3.05, 3.63) is 71.5 Å². The minimum atomic E-state index is -0.917. The van der Waals surface area contributed by atoms with Crippen LogP contribution in [0.3, 0.4) is 0 Å². The van der Waals surface area contributed by atoms with Crippen LogP contribution >= 0.6 is 11.8 Å². The first-order chi connectivity index (χ1) is 17.5. The number of anilines is 1. The van der Waals surface area contributed by atoms with Gasteiger partial charge in [0.25, 0.3) is 0 Å². The molecular weight excluding hydrogens is 484 g/mol. The van der Waals surface area contributed by atoms with Crippen molar-refractivity contribution in [3.63, 3.8) is 0 Å². The first-order valence-electron chi connectivity index (χ1n) is 11.6. The minimum absolute atomic E-state index is 0.0174. The molecule has 3 atom stereocenters. The van der Waals surface area contributed by atoms with E-state index in [1.54, 1.807) is 12.1 Å². The molecule has 0 aliphatic carbocycles. The molecule has 1 amide bonds. The predicted molar refractivity (Wildman–Crippen MR) is 132 cm³/mol. The largest absolute Gasteiger partial charge is 0.481 e. The second-order valence-corrected chi connectivity index (χ2v) is 9.38. The highest BCUT2D eigenvalue weighted by molar-refractivity contribution is 7.99. The Morgan fingerprint density at radius 1 is 1.06 bits per heavy atom. The summed E-state index contributed by atoms with van der Waals surface area (Å²) in [5.41, 5.74) is 3.26. The van der Waals surface area contributed by atoms with Crippen LogP contribution in [0.5, 0.6) is 0 Å². The van der Waals surface area contributed by atoms with E-state index in [0.717, 1.165) is 16.7 Å². The highest BCUT2D eigenvalue weighted by atomic mass is 32.2. The van der Waals surface area contributed by atoms with E-state index in [1.165, 1.54) is 18.1 Å². The van der Waals surface area contributed by atoms with Crippen LogP contribution in [0.15, 0.2) is 60.0 Å². The summed E-state index contributed by atoms with van der Waals surface area (Å²) in [4.78, 5) is 26.8. The van der Waals surface area contributed by atoms with E-state index in [-0.39, 0.29) is 44.0 Å². The zero-order chi connectivity index (χ0) is 25.3. The molecule has 1 saturated heterocycles. The zero-order valence-corrected chi connectivity index (χ0v) is 20.3. The number of nitrogens with zero attached hydrogens (tertiary/aromatic N) is 2. The fourth-order valence-corrected chi connectivity index (χ4v) is 4.60. The van der Waals surface area contributed by atoms with Crippen LogP contribution in [0.4, 0.5) is 5.69 Å². The van der Waals surface area contributed by atoms with Crippen molar-refractivity contribution in [3.8, 4) is 0 Å². The highest BCUT2D eigenvalue weighted by Crippen LogP contribution is 2.39. The van der Waals surface area contributed by atoms with Gasteiger partial charge in [0.2, 0.25) is 5.91 Å². The number of aliphatic carboxylic acids is 1. The summed E-state index contributed by atoms with van der Waals surface area (Å²) in [5, 5.41) is 28.3. The minimum Gasteiger partial charge on any atom is -0.481 e. The molecule has 1 aliphatic heterocycles. The quantitative estimate of drug-likeness (QED) is 0.281. The van der Waals surface area contributed by atoms with Gasteiger partial charge in [-0.1, -0.05) is 48.2 Å². The number of aromatic amines is 1. The molecule has 1 fully saturated rings. The van der Waals surface area contributed by atoms with E-state index in [4.69, 9.17) is 14.6 Å². The van der Waals surface area contributed by atoms with Gasteiger partial charge in [-0.2, -0.15) is 5.10 Å². The number of aliphatic hydroxyl groups is 1. The van der Waals surface area contributed by atoms with Crippen LogP contribution in [0.25, 0.3) is 0 Å². The van der Waals surface area contributed by atoms with Crippen LogP contribution in [-0.2, 0) is 25.7 Å². The Morgan fingerprint density at radius 2 is 1.81 bits per heavy atom. The van der Waals surface area contributed by atoms with Crippen molar-refractivity contribution in [2.75, 3.05) is 11.1 Å². The van der Waals surface area contributed by atoms with Gasteiger partial charge in [-0.3, -0.25) is 14.7 Å². The molecule has 2 aromatic carbocycles. The van der Waals surface area contributed by atoms with E-state index in [2.05, 4.69) is 20.5 Å². The number of nitrogens with one attached hydrogen (secondary N) is 2. The van der Waals surface area contributed by atoms with E-state index in [1.807, 2.05) is 36.4 Å². The van der Waals surface area contributed by atoms with E-state index in [0.29, 0.717) is 23.0 Å². The fourth-order valence-electron chi connectivity index (χ4n) is 3.81. The number of carboxylic acid groups (broad SMARTS) is 1. The van der Waals surface area contributed by atoms with E-state index in [9.17, 15) is 14.7 Å². The van der Waals surface area contributed by atoms with Gasteiger partial charge in [-0.15, -0.1) is 0 Å². The summed E-state index contributed by atoms with van der Waals surface area (Å²) in [7, 11) is 0. The van der Waals surface area contributed by atoms with Gasteiger partial charge in [-0.05, 0) is 29.7 Å². The molecule has 190 valence electrons. The average Bonchev–Trinajstić information content (AvgIpc) is 3.41. The molecule has 10 nitrogen and oxygen atoms in total. The topological polar surface area (TPSA) is 147 Å². The summed E-state index contributed by atoms with van der Waals surface area (Å²) in [5.74, 6) is -0.491. The number of rotatable bonds is 11. The summed E-state index contributed by atoms with van der Waals surface area (Å²) in [6, 6.07) is 14.9. The molecule has 3 unspecified atom stereocenters. The number of aromatic nitrogens is 3. The Kier molecular flexibility index (Phi) is 9.06. The Balaban J connectivity index is 1.43. The summed E-state index contributed by atoms with van der Waals surface area (Å²) in [6.45, 7) is -0.0174. The fraction of sp³-hybridized carbons (Fsp3) is 0.360. The predicted octanol–water partition coefficient (Wildman–Crippen LogP) is 3.83. The second-order valence-electron chi connectivity index (χ2n) is 8.37.